The van der Waals surface area contributed by atoms with E-state index in [1.165, 1.54) is 0 Å². The second kappa shape index (κ2) is 6.11. The van der Waals surface area contributed by atoms with Crippen molar-refractivity contribution >= 4 is 11.8 Å². The van der Waals surface area contributed by atoms with Crippen molar-refractivity contribution in [2.75, 3.05) is 31.2 Å². The van der Waals surface area contributed by atoms with Crippen molar-refractivity contribution in [2.45, 2.75) is 6.92 Å². The van der Waals surface area contributed by atoms with Crippen molar-refractivity contribution in [1.82, 2.24) is 9.97 Å². The maximum atomic E-state index is 11.3. The van der Waals surface area contributed by atoms with E-state index < -0.39 is 5.97 Å². The zero-order valence-electron chi connectivity index (χ0n) is 12.3. The zero-order valence-corrected chi connectivity index (χ0v) is 12.3. The summed E-state index contributed by atoms with van der Waals surface area (Å²) in [4.78, 5) is 22.2. The van der Waals surface area contributed by atoms with Crippen LogP contribution in [0.3, 0.4) is 0 Å². The van der Waals surface area contributed by atoms with Gasteiger partial charge in [0.25, 0.3) is 0 Å². The summed E-state index contributed by atoms with van der Waals surface area (Å²) in [6.45, 7) is 5.01. The molecule has 0 radical (unpaired) electrons. The number of carboxylic acid groups (broad SMARTS) is 1. The first-order valence-corrected chi connectivity index (χ1v) is 7.15. The Morgan fingerprint density at radius 3 is 2.77 bits per heavy atom. The number of aromatic carboxylic acids is 1. The number of hydrogen-bond acceptors (Lipinski definition) is 5. The van der Waals surface area contributed by atoms with E-state index in [1.54, 1.807) is 24.5 Å². The molecule has 1 N–H and O–H groups in total. The normalized spacial score (nSPS) is 14.9. The molecule has 0 spiro atoms. The molecule has 0 aliphatic carbocycles. The van der Waals surface area contributed by atoms with Crippen LogP contribution in [0.2, 0.25) is 0 Å². The molecule has 3 rings (SSSR count). The minimum atomic E-state index is -0.988. The lowest BCUT2D eigenvalue weighted by Crippen LogP contribution is -2.37. The first-order valence-electron chi connectivity index (χ1n) is 7.15. The van der Waals surface area contributed by atoms with E-state index >= 15 is 0 Å². The van der Waals surface area contributed by atoms with Gasteiger partial charge in [0.2, 0.25) is 0 Å². The van der Waals surface area contributed by atoms with E-state index in [9.17, 15) is 9.90 Å². The molecule has 0 atom stereocenters. The molecule has 6 heteroatoms. The highest BCUT2D eigenvalue weighted by atomic mass is 16.5. The van der Waals surface area contributed by atoms with Crippen molar-refractivity contribution < 1.29 is 14.6 Å². The van der Waals surface area contributed by atoms with Gasteiger partial charge in [-0.3, -0.25) is 4.98 Å². The number of aryl methyl sites for hydroxylation is 1. The summed E-state index contributed by atoms with van der Waals surface area (Å²) in [5.74, 6) is -0.0714. The number of anilines is 1. The van der Waals surface area contributed by atoms with Crippen LogP contribution in [0.1, 0.15) is 15.9 Å². The summed E-state index contributed by atoms with van der Waals surface area (Å²) >= 11 is 0. The molecule has 1 saturated heterocycles. The molecule has 0 aromatic carbocycles. The Morgan fingerprint density at radius 2 is 2.09 bits per heavy atom. The summed E-state index contributed by atoms with van der Waals surface area (Å²) < 4.78 is 5.35. The molecule has 22 heavy (non-hydrogen) atoms. The predicted octanol–water partition coefficient (Wildman–Crippen LogP) is 1.99. The third-order valence-electron chi connectivity index (χ3n) is 3.67. The SMILES string of the molecule is Cc1cc(-c2ncccc2C(=O)O)cnc1N1CCOCC1. The van der Waals surface area contributed by atoms with Crippen molar-refractivity contribution in [2.24, 2.45) is 0 Å². The van der Waals surface area contributed by atoms with Crippen molar-refractivity contribution in [3.05, 3.63) is 41.7 Å². The first kappa shape index (κ1) is 14.5. The third-order valence-corrected chi connectivity index (χ3v) is 3.67. The predicted molar refractivity (Wildman–Crippen MR) is 82.2 cm³/mol. The van der Waals surface area contributed by atoms with Crippen LogP contribution in [0.5, 0.6) is 0 Å². The lowest BCUT2D eigenvalue weighted by atomic mass is 10.1. The van der Waals surface area contributed by atoms with Gasteiger partial charge in [0.05, 0.1) is 24.5 Å². The van der Waals surface area contributed by atoms with Gasteiger partial charge in [0.15, 0.2) is 0 Å². The number of rotatable bonds is 3. The van der Waals surface area contributed by atoms with E-state index in [0.29, 0.717) is 24.5 Å². The topological polar surface area (TPSA) is 75.5 Å². The lowest BCUT2D eigenvalue weighted by molar-refractivity contribution is 0.0697. The molecule has 1 aliphatic heterocycles. The summed E-state index contributed by atoms with van der Waals surface area (Å²) in [5, 5.41) is 9.27. The van der Waals surface area contributed by atoms with Crippen LogP contribution < -0.4 is 4.90 Å². The first-order chi connectivity index (χ1) is 10.7. The highest BCUT2D eigenvalue weighted by Crippen LogP contribution is 2.26. The summed E-state index contributed by atoms with van der Waals surface area (Å²) in [6, 6.07) is 5.11. The Hall–Kier alpha value is -2.47. The van der Waals surface area contributed by atoms with Crippen molar-refractivity contribution in [3.8, 4) is 11.3 Å². The fourth-order valence-electron chi connectivity index (χ4n) is 2.61. The Kier molecular flexibility index (Phi) is 4.02. The number of pyridine rings is 2. The molecule has 0 bridgehead atoms. The Bertz CT molecular complexity index is 697. The number of carbonyl (C=O) groups is 1. The molecular weight excluding hydrogens is 282 g/mol. The monoisotopic (exact) mass is 299 g/mol. The van der Waals surface area contributed by atoms with Crippen LogP contribution >= 0.6 is 0 Å². The fraction of sp³-hybridized carbons (Fsp3) is 0.312. The molecule has 0 unspecified atom stereocenters. The van der Waals surface area contributed by atoms with Crippen LogP contribution in [-0.4, -0.2) is 47.3 Å². The molecule has 2 aromatic rings. The molecule has 114 valence electrons. The zero-order chi connectivity index (χ0) is 15.5. The Balaban J connectivity index is 1.97. The Labute approximate surface area is 128 Å². The van der Waals surface area contributed by atoms with Crippen LogP contribution in [-0.2, 0) is 4.74 Å². The van der Waals surface area contributed by atoms with Crippen LogP contribution in [0.25, 0.3) is 11.3 Å². The largest absolute Gasteiger partial charge is 0.478 e. The van der Waals surface area contributed by atoms with Gasteiger partial charge in [-0.25, -0.2) is 9.78 Å². The van der Waals surface area contributed by atoms with E-state index in [0.717, 1.165) is 24.5 Å². The van der Waals surface area contributed by atoms with Gasteiger partial charge in [0, 0.05) is 31.0 Å². The minimum Gasteiger partial charge on any atom is -0.478 e. The molecule has 1 fully saturated rings. The highest BCUT2D eigenvalue weighted by molar-refractivity contribution is 5.94. The maximum absolute atomic E-state index is 11.3. The number of nitrogens with zero attached hydrogens (tertiary/aromatic N) is 3. The van der Waals surface area contributed by atoms with Crippen LogP contribution in [0.15, 0.2) is 30.6 Å². The highest BCUT2D eigenvalue weighted by Gasteiger charge is 2.17. The minimum absolute atomic E-state index is 0.183. The van der Waals surface area contributed by atoms with Crippen LogP contribution in [0, 0.1) is 6.92 Å². The molecule has 3 heterocycles. The lowest BCUT2D eigenvalue weighted by Gasteiger charge is -2.29. The number of hydrogen-bond donors (Lipinski definition) is 1. The van der Waals surface area contributed by atoms with Gasteiger partial charge >= 0.3 is 5.97 Å². The van der Waals surface area contributed by atoms with Crippen molar-refractivity contribution in [1.29, 1.82) is 0 Å². The number of aromatic nitrogens is 2. The van der Waals surface area contributed by atoms with Gasteiger partial charge in [-0.1, -0.05) is 0 Å². The van der Waals surface area contributed by atoms with E-state index in [-0.39, 0.29) is 5.56 Å². The molecule has 0 saturated carbocycles. The van der Waals surface area contributed by atoms with Gasteiger partial charge < -0.3 is 14.7 Å². The third kappa shape index (κ3) is 2.78. The quantitative estimate of drug-likeness (QED) is 0.934. The average molecular weight is 299 g/mol. The van der Waals surface area contributed by atoms with E-state index in [1.807, 2.05) is 13.0 Å². The molecule has 6 nitrogen and oxygen atoms in total. The Morgan fingerprint density at radius 1 is 1.32 bits per heavy atom. The van der Waals surface area contributed by atoms with Gasteiger partial charge in [0.1, 0.15) is 5.82 Å². The summed E-state index contributed by atoms with van der Waals surface area (Å²) in [5.41, 5.74) is 2.34. The number of ether oxygens (including phenoxy) is 1. The van der Waals surface area contributed by atoms with Gasteiger partial charge in [-0.2, -0.15) is 0 Å². The van der Waals surface area contributed by atoms with E-state index in [2.05, 4.69) is 14.9 Å². The van der Waals surface area contributed by atoms with Gasteiger partial charge in [-0.15, -0.1) is 0 Å². The standard InChI is InChI=1S/C16H17N3O3/c1-11-9-12(14-13(16(20)21)3-2-4-17-14)10-18-15(11)19-5-7-22-8-6-19/h2-4,9-10H,5-8H2,1H3,(H,20,21). The second-order valence-corrected chi connectivity index (χ2v) is 5.17. The fourth-order valence-corrected chi connectivity index (χ4v) is 2.61. The average Bonchev–Trinajstić information content (AvgIpc) is 2.55. The molecular formula is C16H17N3O3. The van der Waals surface area contributed by atoms with Gasteiger partial charge in [-0.05, 0) is 30.7 Å². The number of carboxylic acids is 1. The summed E-state index contributed by atoms with van der Waals surface area (Å²) in [6.07, 6.45) is 3.28. The van der Waals surface area contributed by atoms with Crippen LogP contribution in [0.4, 0.5) is 5.82 Å². The second-order valence-electron chi connectivity index (χ2n) is 5.17. The smallest absolute Gasteiger partial charge is 0.337 e. The molecule has 1 aliphatic rings. The molecule has 2 aromatic heterocycles. The molecule has 0 amide bonds. The summed E-state index contributed by atoms with van der Waals surface area (Å²) in [7, 11) is 0. The number of morpholine rings is 1. The van der Waals surface area contributed by atoms with Crippen molar-refractivity contribution in [3.63, 3.8) is 0 Å². The van der Waals surface area contributed by atoms with E-state index in [4.69, 9.17) is 4.74 Å². The maximum Gasteiger partial charge on any atom is 0.337 e.